The Morgan fingerprint density at radius 3 is 2.87 bits per heavy atom. The van der Waals surface area contributed by atoms with Crippen LogP contribution in [-0.2, 0) is 13.5 Å². The maximum atomic E-state index is 5.95. The molecule has 0 saturated carbocycles. The zero-order valence-electron chi connectivity index (χ0n) is 14.0. The minimum Gasteiger partial charge on any atom is -0.370 e. The largest absolute Gasteiger partial charge is 0.370 e. The van der Waals surface area contributed by atoms with Crippen LogP contribution in [0.15, 0.2) is 41.8 Å². The van der Waals surface area contributed by atoms with Gasteiger partial charge in [-0.25, -0.2) is 0 Å². The first-order chi connectivity index (χ1) is 11.1. The lowest BCUT2D eigenvalue weighted by atomic mass is 10.1. The fraction of sp³-hybridized carbons (Fsp3) is 0.438. The number of nitrogens with one attached hydrogen (secondary N) is 1. The van der Waals surface area contributed by atoms with Crippen molar-refractivity contribution in [1.29, 1.82) is 0 Å². The summed E-state index contributed by atoms with van der Waals surface area (Å²) in [5, 5.41) is 7.35. The average Bonchev–Trinajstić information content (AvgIpc) is 2.94. The molecule has 0 aliphatic rings. The lowest BCUT2D eigenvalue weighted by molar-refractivity contribution is 0.306. The zero-order chi connectivity index (χ0) is 16.7. The Labute approximate surface area is 137 Å². The third kappa shape index (κ3) is 5.37. The van der Waals surface area contributed by atoms with E-state index in [1.807, 2.05) is 51.7 Å². The van der Waals surface area contributed by atoms with Crippen molar-refractivity contribution in [3.8, 4) is 0 Å². The predicted octanol–water partition coefficient (Wildman–Crippen LogP) is 0.565. The standard InChI is InChI=1S/C16H25N7/c1-22(2)15(13-10-21-23(3)12-13)11-20-16(17)19-9-7-14-6-4-5-8-18-14/h4-6,8,10,12,15H,7,9,11H2,1-3H3,(H3,17,19,20). The molecule has 2 heterocycles. The van der Waals surface area contributed by atoms with Gasteiger partial charge in [0, 0.05) is 43.7 Å². The van der Waals surface area contributed by atoms with Gasteiger partial charge < -0.3 is 16.0 Å². The molecule has 0 aromatic carbocycles. The van der Waals surface area contributed by atoms with Crippen LogP contribution in [0.3, 0.4) is 0 Å². The van der Waals surface area contributed by atoms with Gasteiger partial charge >= 0.3 is 0 Å². The third-order valence-corrected chi connectivity index (χ3v) is 3.58. The van der Waals surface area contributed by atoms with Crippen molar-refractivity contribution >= 4 is 5.96 Å². The van der Waals surface area contributed by atoms with E-state index in [4.69, 9.17) is 5.73 Å². The normalized spacial score (nSPS) is 13.3. The summed E-state index contributed by atoms with van der Waals surface area (Å²) in [7, 11) is 5.96. The maximum Gasteiger partial charge on any atom is 0.188 e. The first kappa shape index (κ1) is 17.0. The summed E-state index contributed by atoms with van der Waals surface area (Å²) in [5.41, 5.74) is 8.11. The summed E-state index contributed by atoms with van der Waals surface area (Å²) in [6.07, 6.45) is 6.48. The fourth-order valence-electron chi connectivity index (χ4n) is 2.28. The number of hydrogen-bond acceptors (Lipinski definition) is 4. The highest BCUT2D eigenvalue weighted by atomic mass is 15.2. The predicted molar refractivity (Wildman–Crippen MR) is 92.1 cm³/mol. The monoisotopic (exact) mass is 315 g/mol. The molecule has 7 heteroatoms. The summed E-state index contributed by atoms with van der Waals surface area (Å²) < 4.78 is 1.80. The second kappa shape index (κ2) is 8.28. The Morgan fingerprint density at radius 1 is 1.43 bits per heavy atom. The lowest BCUT2D eigenvalue weighted by Crippen LogP contribution is -2.34. The Balaban J connectivity index is 1.84. The average molecular weight is 315 g/mol. The molecule has 0 radical (unpaired) electrons. The molecule has 0 spiro atoms. The molecule has 7 nitrogen and oxygen atoms in total. The minimum absolute atomic E-state index is 0.153. The summed E-state index contributed by atoms with van der Waals surface area (Å²) in [5.74, 6) is 0.455. The molecule has 3 N–H and O–H groups in total. The van der Waals surface area contributed by atoms with Gasteiger partial charge in [0.1, 0.15) is 0 Å². The van der Waals surface area contributed by atoms with Gasteiger partial charge in [-0.05, 0) is 26.2 Å². The first-order valence-corrected chi connectivity index (χ1v) is 7.65. The molecule has 124 valence electrons. The van der Waals surface area contributed by atoms with Gasteiger partial charge in [-0.1, -0.05) is 6.07 Å². The number of rotatable bonds is 7. The molecule has 0 saturated heterocycles. The number of guanidine groups is 1. The summed E-state index contributed by atoms with van der Waals surface area (Å²) in [4.78, 5) is 10.8. The van der Waals surface area contributed by atoms with Gasteiger partial charge in [-0.2, -0.15) is 5.10 Å². The molecule has 0 fully saturated rings. The van der Waals surface area contributed by atoms with E-state index in [2.05, 4.69) is 25.3 Å². The number of hydrogen-bond donors (Lipinski definition) is 2. The number of nitrogens with zero attached hydrogens (tertiary/aromatic N) is 5. The van der Waals surface area contributed by atoms with Crippen LogP contribution in [0, 0.1) is 0 Å². The van der Waals surface area contributed by atoms with Crippen LogP contribution in [0.1, 0.15) is 17.3 Å². The van der Waals surface area contributed by atoms with E-state index in [9.17, 15) is 0 Å². The molecule has 0 amide bonds. The van der Waals surface area contributed by atoms with Crippen molar-refractivity contribution in [3.63, 3.8) is 0 Å². The van der Waals surface area contributed by atoms with E-state index >= 15 is 0 Å². The number of likely N-dealkylation sites (N-methyl/N-ethyl adjacent to an activating group) is 1. The number of pyridine rings is 1. The van der Waals surface area contributed by atoms with Crippen LogP contribution in [-0.4, -0.2) is 52.8 Å². The molecular formula is C16H25N7. The van der Waals surface area contributed by atoms with Crippen LogP contribution in [0.5, 0.6) is 0 Å². The Hall–Kier alpha value is -2.41. The van der Waals surface area contributed by atoms with Gasteiger partial charge in [0.2, 0.25) is 0 Å². The summed E-state index contributed by atoms with van der Waals surface area (Å²) in [6.45, 7) is 1.30. The summed E-state index contributed by atoms with van der Waals surface area (Å²) in [6, 6.07) is 6.04. The van der Waals surface area contributed by atoms with Crippen molar-refractivity contribution in [2.75, 3.05) is 27.2 Å². The highest BCUT2D eigenvalue weighted by Gasteiger charge is 2.15. The SMILES string of the molecule is CN(C)C(CN=C(N)NCCc1ccccn1)c1cnn(C)c1. The summed E-state index contributed by atoms with van der Waals surface area (Å²) >= 11 is 0. The van der Waals surface area contributed by atoms with E-state index in [1.165, 1.54) is 0 Å². The number of aliphatic imine (C=N–C) groups is 1. The Morgan fingerprint density at radius 2 is 2.26 bits per heavy atom. The van der Waals surface area contributed by atoms with Gasteiger partial charge in [-0.15, -0.1) is 0 Å². The smallest absolute Gasteiger partial charge is 0.188 e. The van der Waals surface area contributed by atoms with Crippen LogP contribution in [0.2, 0.25) is 0 Å². The minimum atomic E-state index is 0.153. The molecule has 0 aliphatic heterocycles. The quantitative estimate of drug-likeness (QED) is 0.576. The molecule has 0 bridgehead atoms. The molecule has 1 atom stereocenters. The van der Waals surface area contributed by atoms with Crippen molar-refractivity contribution in [2.45, 2.75) is 12.5 Å². The van der Waals surface area contributed by atoms with E-state index < -0.39 is 0 Å². The van der Waals surface area contributed by atoms with Crippen molar-refractivity contribution < 1.29 is 0 Å². The second-order valence-corrected chi connectivity index (χ2v) is 5.65. The van der Waals surface area contributed by atoms with Gasteiger partial charge in [0.05, 0.1) is 18.8 Å². The number of aromatic nitrogens is 3. The number of nitrogens with two attached hydrogens (primary N) is 1. The Bertz CT molecular complexity index is 618. The van der Waals surface area contributed by atoms with E-state index in [0.29, 0.717) is 19.0 Å². The maximum absolute atomic E-state index is 5.95. The fourth-order valence-corrected chi connectivity index (χ4v) is 2.28. The molecule has 2 aromatic heterocycles. The molecule has 2 rings (SSSR count). The second-order valence-electron chi connectivity index (χ2n) is 5.65. The zero-order valence-corrected chi connectivity index (χ0v) is 14.0. The first-order valence-electron chi connectivity index (χ1n) is 7.65. The van der Waals surface area contributed by atoms with Crippen molar-refractivity contribution in [2.24, 2.45) is 17.8 Å². The highest BCUT2D eigenvalue weighted by molar-refractivity contribution is 5.77. The highest BCUT2D eigenvalue weighted by Crippen LogP contribution is 2.17. The molecule has 23 heavy (non-hydrogen) atoms. The van der Waals surface area contributed by atoms with Crippen LogP contribution in [0.4, 0.5) is 0 Å². The van der Waals surface area contributed by atoms with E-state index in [1.54, 1.807) is 10.9 Å². The van der Waals surface area contributed by atoms with Gasteiger partial charge in [-0.3, -0.25) is 14.7 Å². The third-order valence-electron chi connectivity index (χ3n) is 3.58. The molecule has 0 aliphatic carbocycles. The van der Waals surface area contributed by atoms with Crippen LogP contribution >= 0.6 is 0 Å². The van der Waals surface area contributed by atoms with Crippen molar-refractivity contribution in [3.05, 3.63) is 48.0 Å². The Kier molecular flexibility index (Phi) is 6.10. The van der Waals surface area contributed by atoms with E-state index in [0.717, 1.165) is 17.7 Å². The molecule has 1 unspecified atom stereocenters. The topological polar surface area (TPSA) is 84.4 Å². The van der Waals surface area contributed by atoms with Gasteiger partial charge in [0.15, 0.2) is 5.96 Å². The van der Waals surface area contributed by atoms with Gasteiger partial charge in [0.25, 0.3) is 0 Å². The molecular weight excluding hydrogens is 290 g/mol. The lowest BCUT2D eigenvalue weighted by Gasteiger charge is -2.21. The number of aryl methyl sites for hydroxylation is 1. The van der Waals surface area contributed by atoms with Crippen LogP contribution < -0.4 is 11.1 Å². The van der Waals surface area contributed by atoms with Crippen molar-refractivity contribution in [1.82, 2.24) is 25.0 Å². The molecule has 2 aromatic rings. The van der Waals surface area contributed by atoms with Crippen LogP contribution in [0.25, 0.3) is 0 Å². The van der Waals surface area contributed by atoms with E-state index in [-0.39, 0.29) is 6.04 Å².